The highest BCUT2D eigenvalue weighted by atomic mass is 35.5. The molecule has 0 aliphatic rings. The van der Waals surface area contributed by atoms with Crippen LogP contribution in [0.5, 0.6) is 0 Å². The standard InChI is InChI=1S/C19H19Cl2NO5S/c1-11-4-6-14(28(3,25)26)9-16(11)19(24)27-10-18(23)22-12(2)15-7-5-13(20)8-17(15)21/h4-9,12H,10H2,1-3H3,(H,22,23). The van der Waals surface area contributed by atoms with Gasteiger partial charge in [0.2, 0.25) is 0 Å². The van der Waals surface area contributed by atoms with Gasteiger partial charge in [0.1, 0.15) is 0 Å². The lowest BCUT2D eigenvalue weighted by molar-refractivity contribution is -0.124. The summed E-state index contributed by atoms with van der Waals surface area (Å²) in [6.45, 7) is 2.86. The van der Waals surface area contributed by atoms with Crippen LogP contribution < -0.4 is 5.32 Å². The van der Waals surface area contributed by atoms with E-state index < -0.39 is 34.4 Å². The maximum absolute atomic E-state index is 12.3. The van der Waals surface area contributed by atoms with Crippen LogP contribution in [0.15, 0.2) is 41.3 Å². The van der Waals surface area contributed by atoms with E-state index in [4.69, 9.17) is 27.9 Å². The number of esters is 1. The van der Waals surface area contributed by atoms with Crippen molar-refractivity contribution >= 4 is 44.9 Å². The number of carbonyl (C=O) groups is 2. The molecule has 0 bridgehead atoms. The van der Waals surface area contributed by atoms with Crippen LogP contribution in [0.4, 0.5) is 0 Å². The number of ether oxygens (including phenoxy) is 1. The summed E-state index contributed by atoms with van der Waals surface area (Å²) in [7, 11) is -3.47. The van der Waals surface area contributed by atoms with Crippen molar-refractivity contribution in [2.24, 2.45) is 0 Å². The quantitative estimate of drug-likeness (QED) is 0.686. The van der Waals surface area contributed by atoms with Crippen LogP contribution in [0, 0.1) is 6.92 Å². The minimum absolute atomic E-state index is 0.000467. The fourth-order valence-electron chi connectivity index (χ4n) is 2.47. The van der Waals surface area contributed by atoms with Gasteiger partial charge in [-0.05, 0) is 49.2 Å². The molecule has 9 heteroatoms. The molecule has 2 aromatic carbocycles. The van der Waals surface area contributed by atoms with Crippen LogP contribution in [-0.2, 0) is 19.4 Å². The number of rotatable bonds is 6. The number of nitrogens with one attached hydrogen (secondary N) is 1. The second-order valence-corrected chi connectivity index (χ2v) is 9.14. The Kier molecular flexibility index (Phi) is 7.09. The molecule has 1 atom stereocenters. The lowest BCUT2D eigenvalue weighted by Crippen LogP contribution is -2.31. The summed E-state index contributed by atoms with van der Waals surface area (Å²) in [5.74, 6) is -1.31. The molecule has 150 valence electrons. The van der Waals surface area contributed by atoms with E-state index in [1.54, 1.807) is 32.0 Å². The lowest BCUT2D eigenvalue weighted by Gasteiger charge is -2.16. The van der Waals surface area contributed by atoms with Crippen molar-refractivity contribution in [2.75, 3.05) is 12.9 Å². The van der Waals surface area contributed by atoms with Crippen molar-refractivity contribution in [2.45, 2.75) is 24.8 Å². The van der Waals surface area contributed by atoms with Crippen LogP contribution in [0.3, 0.4) is 0 Å². The first-order valence-electron chi connectivity index (χ1n) is 8.21. The van der Waals surface area contributed by atoms with Crippen LogP contribution >= 0.6 is 23.2 Å². The molecule has 28 heavy (non-hydrogen) atoms. The molecule has 0 saturated carbocycles. The molecule has 1 N–H and O–H groups in total. The summed E-state index contributed by atoms with van der Waals surface area (Å²) < 4.78 is 28.3. The highest BCUT2D eigenvalue weighted by molar-refractivity contribution is 7.90. The molecule has 0 aliphatic heterocycles. The predicted octanol–water partition coefficient (Wildman–Crippen LogP) is 3.74. The van der Waals surface area contributed by atoms with Gasteiger partial charge in [0.05, 0.1) is 16.5 Å². The van der Waals surface area contributed by atoms with Crippen LogP contribution in [0.1, 0.15) is 34.5 Å². The van der Waals surface area contributed by atoms with Gasteiger partial charge in [0.15, 0.2) is 16.4 Å². The molecule has 0 spiro atoms. The molecule has 0 radical (unpaired) electrons. The second-order valence-electron chi connectivity index (χ2n) is 6.28. The molecule has 2 rings (SSSR count). The molecule has 0 heterocycles. The van der Waals surface area contributed by atoms with Gasteiger partial charge in [-0.15, -0.1) is 0 Å². The Hall–Kier alpha value is -2.09. The largest absolute Gasteiger partial charge is 0.452 e. The Balaban J connectivity index is 2.02. The van der Waals surface area contributed by atoms with E-state index in [2.05, 4.69) is 5.32 Å². The molecule has 0 aromatic heterocycles. The maximum atomic E-state index is 12.3. The number of hydrogen-bond donors (Lipinski definition) is 1. The van der Waals surface area contributed by atoms with Crippen molar-refractivity contribution in [1.82, 2.24) is 5.32 Å². The minimum atomic E-state index is -3.47. The van der Waals surface area contributed by atoms with Gasteiger partial charge in [-0.1, -0.05) is 35.3 Å². The Labute approximate surface area is 173 Å². The van der Waals surface area contributed by atoms with Gasteiger partial charge in [0, 0.05) is 16.3 Å². The molecule has 0 saturated heterocycles. The molecular weight excluding hydrogens is 425 g/mol. The van der Waals surface area contributed by atoms with E-state index in [9.17, 15) is 18.0 Å². The summed E-state index contributed by atoms with van der Waals surface area (Å²) in [6.07, 6.45) is 1.05. The maximum Gasteiger partial charge on any atom is 0.338 e. The molecule has 0 aliphatic carbocycles. The van der Waals surface area contributed by atoms with Gasteiger partial charge in [0.25, 0.3) is 5.91 Å². The Bertz CT molecular complexity index is 1020. The van der Waals surface area contributed by atoms with Gasteiger partial charge >= 0.3 is 5.97 Å². The molecular formula is C19H19Cl2NO5S. The van der Waals surface area contributed by atoms with E-state index in [1.807, 2.05) is 0 Å². The molecule has 6 nitrogen and oxygen atoms in total. The van der Waals surface area contributed by atoms with Crippen molar-refractivity contribution in [3.63, 3.8) is 0 Å². The number of sulfone groups is 1. The molecule has 2 aromatic rings. The first-order valence-corrected chi connectivity index (χ1v) is 10.9. The summed E-state index contributed by atoms with van der Waals surface area (Å²) in [5, 5.41) is 3.56. The van der Waals surface area contributed by atoms with Gasteiger partial charge in [-0.25, -0.2) is 13.2 Å². The average molecular weight is 444 g/mol. The minimum Gasteiger partial charge on any atom is -0.452 e. The SMILES string of the molecule is Cc1ccc(S(C)(=O)=O)cc1C(=O)OCC(=O)NC(C)c1ccc(Cl)cc1Cl. The number of hydrogen-bond acceptors (Lipinski definition) is 5. The first-order chi connectivity index (χ1) is 13.0. The highest BCUT2D eigenvalue weighted by Crippen LogP contribution is 2.26. The van der Waals surface area contributed by atoms with Crippen molar-refractivity contribution in [3.8, 4) is 0 Å². The summed E-state index contributed by atoms with van der Waals surface area (Å²) in [4.78, 5) is 24.4. The van der Waals surface area contributed by atoms with Gasteiger partial charge in [-0.3, -0.25) is 4.79 Å². The molecule has 1 amide bonds. The zero-order valence-corrected chi connectivity index (χ0v) is 17.8. The number of amides is 1. The third kappa shape index (κ3) is 5.70. The third-order valence-corrected chi connectivity index (χ3v) is 5.67. The third-order valence-electron chi connectivity index (χ3n) is 4.00. The molecule has 0 fully saturated rings. The summed E-state index contributed by atoms with van der Waals surface area (Å²) in [6, 6.07) is 8.65. The highest BCUT2D eigenvalue weighted by Gasteiger charge is 2.18. The van der Waals surface area contributed by atoms with Crippen molar-refractivity contribution < 1.29 is 22.7 Å². The number of benzene rings is 2. The van der Waals surface area contributed by atoms with Crippen molar-refractivity contribution in [3.05, 3.63) is 63.1 Å². The zero-order valence-electron chi connectivity index (χ0n) is 15.5. The van der Waals surface area contributed by atoms with Crippen molar-refractivity contribution in [1.29, 1.82) is 0 Å². The smallest absolute Gasteiger partial charge is 0.338 e. The predicted molar refractivity (Wildman–Crippen MR) is 108 cm³/mol. The number of carbonyl (C=O) groups excluding carboxylic acids is 2. The van der Waals surface area contributed by atoms with E-state index in [0.29, 0.717) is 21.2 Å². The summed E-state index contributed by atoms with van der Waals surface area (Å²) >= 11 is 12.0. The monoisotopic (exact) mass is 443 g/mol. The Morgan fingerprint density at radius 3 is 2.43 bits per heavy atom. The zero-order chi connectivity index (χ0) is 21.1. The Morgan fingerprint density at radius 2 is 1.82 bits per heavy atom. The summed E-state index contributed by atoms with van der Waals surface area (Å²) in [5.41, 5.74) is 1.30. The van der Waals surface area contributed by atoms with Gasteiger partial charge in [-0.2, -0.15) is 0 Å². The average Bonchev–Trinajstić information content (AvgIpc) is 2.58. The van der Waals surface area contributed by atoms with Gasteiger partial charge < -0.3 is 10.1 Å². The van der Waals surface area contributed by atoms with Crippen LogP contribution in [-0.4, -0.2) is 33.2 Å². The second kappa shape index (κ2) is 8.94. The van der Waals surface area contributed by atoms with Crippen LogP contribution in [0.25, 0.3) is 0 Å². The molecule has 1 unspecified atom stereocenters. The lowest BCUT2D eigenvalue weighted by atomic mass is 10.1. The van der Waals surface area contributed by atoms with E-state index in [-0.39, 0.29) is 10.5 Å². The first kappa shape index (κ1) is 22.2. The normalized spacial score (nSPS) is 12.3. The van der Waals surface area contributed by atoms with E-state index in [1.165, 1.54) is 18.2 Å². The number of aryl methyl sites for hydroxylation is 1. The number of halogens is 2. The topological polar surface area (TPSA) is 89.5 Å². The van der Waals surface area contributed by atoms with E-state index in [0.717, 1.165) is 6.26 Å². The fourth-order valence-corrected chi connectivity index (χ4v) is 3.69. The Morgan fingerprint density at radius 1 is 1.14 bits per heavy atom. The van der Waals surface area contributed by atoms with E-state index >= 15 is 0 Å². The van der Waals surface area contributed by atoms with Crippen LogP contribution in [0.2, 0.25) is 10.0 Å². The fraction of sp³-hybridized carbons (Fsp3) is 0.263.